The minimum absolute atomic E-state index is 0. The molecule has 6 nitrogen and oxygen atoms in total. The molecular weight excluding hydrogens is 399 g/mol. The zero-order valence-corrected chi connectivity index (χ0v) is 17.4. The van der Waals surface area contributed by atoms with Crippen molar-refractivity contribution in [1.82, 2.24) is 10.3 Å². The fourth-order valence-corrected chi connectivity index (χ4v) is 2.52. The number of carbonyl (C=O) groups is 2. The molecule has 0 aliphatic heterocycles. The van der Waals surface area contributed by atoms with Crippen molar-refractivity contribution in [3.05, 3.63) is 59.9 Å². The fourth-order valence-electron chi connectivity index (χ4n) is 2.52. The Morgan fingerprint density at radius 3 is 2.46 bits per heavy atom. The maximum atomic E-state index is 12.3. The number of carbonyl (C=O) groups excluding carboxylic acids is 2. The van der Waals surface area contributed by atoms with Crippen molar-refractivity contribution in [3.8, 4) is 0 Å². The highest BCUT2D eigenvalue weighted by Gasteiger charge is 2.08. The summed E-state index contributed by atoms with van der Waals surface area (Å²) in [6.07, 6.45) is 6.05. The van der Waals surface area contributed by atoms with Gasteiger partial charge in [0.15, 0.2) is 0 Å². The Balaban J connectivity index is 0.00000364. The van der Waals surface area contributed by atoms with Gasteiger partial charge >= 0.3 is 0 Å². The third-order valence-corrected chi connectivity index (χ3v) is 3.92. The van der Waals surface area contributed by atoms with Crippen LogP contribution in [-0.4, -0.2) is 23.3 Å². The first-order valence-corrected chi connectivity index (χ1v) is 8.97. The van der Waals surface area contributed by atoms with Crippen LogP contribution in [0.4, 0.5) is 5.69 Å². The van der Waals surface area contributed by atoms with Gasteiger partial charge in [0.1, 0.15) is 0 Å². The van der Waals surface area contributed by atoms with Gasteiger partial charge in [-0.15, -0.1) is 24.8 Å². The van der Waals surface area contributed by atoms with E-state index in [1.54, 1.807) is 30.5 Å². The van der Waals surface area contributed by atoms with Gasteiger partial charge in [0, 0.05) is 23.9 Å². The molecule has 28 heavy (non-hydrogen) atoms. The van der Waals surface area contributed by atoms with E-state index in [1.165, 1.54) is 0 Å². The number of amides is 2. The molecule has 0 aliphatic carbocycles. The summed E-state index contributed by atoms with van der Waals surface area (Å²) in [6.45, 7) is 1.06. The molecule has 0 saturated carbocycles. The van der Waals surface area contributed by atoms with Crippen molar-refractivity contribution in [2.24, 2.45) is 5.73 Å². The predicted molar refractivity (Wildman–Crippen MR) is 117 cm³/mol. The first-order chi connectivity index (χ1) is 12.7. The lowest BCUT2D eigenvalue weighted by atomic mass is 10.1. The molecule has 2 amide bonds. The number of nitrogens with one attached hydrogen (secondary N) is 2. The standard InChI is InChI=1S/C20H26N4O2.2ClH/c21-12-5-2-1-3-11-19(25)24-17-10-7-8-16(14-17)20(26)23-15-18-9-4-6-13-22-18;;/h4,6-10,13-14H,1-3,5,11-12,15,21H2,(H,23,26)(H,24,25);2*1H. The van der Waals surface area contributed by atoms with Crippen LogP contribution in [0.25, 0.3) is 0 Å². The van der Waals surface area contributed by atoms with Crippen molar-refractivity contribution in [2.45, 2.75) is 38.6 Å². The summed E-state index contributed by atoms with van der Waals surface area (Å²) in [5.74, 6) is -0.239. The molecule has 0 saturated heterocycles. The number of hydrogen-bond donors (Lipinski definition) is 3. The molecule has 0 fully saturated rings. The van der Waals surface area contributed by atoms with Gasteiger partial charge in [0.2, 0.25) is 5.91 Å². The maximum absolute atomic E-state index is 12.3. The molecule has 0 atom stereocenters. The van der Waals surface area contributed by atoms with Crippen LogP contribution >= 0.6 is 24.8 Å². The number of aromatic nitrogens is 1. The summed E-state index contributed by atoms with van der Waals surface area (Å²) in [7, 11) is 0. The van der Waals surface area contributed by atoms with Gasteiger partial charge in [-0.05, 0) is 49.7 Å². The summed E-state index contributed by atoms with van der Waals surface area (Å²) in [6, 6.07) is 12.5. The van der Waals surface area contributed by atoms with Crippen LogP contribution in [0.2, 0.25) is 0 Å². The maximum Gasteiger partial charge on any atom is 0.251 e. The summed E-state index contributed by atoms with van der Waals surface area (Å²) >= 11 is 0. The molecule has 0 bridgehead atoms. The van der Waals surface area contributed by atoms with E-state index in [9.17, 15) is 9.59 Å². The van der Waals surface area contributed by atoms with Crippen molar-refractivity contribution < 1.29 is 9.59 Å². The fraction of sp³-hybridized carbons (Fsp3) is 0.350. The molecule has 0 aliphatic rings. The molecule has 0 radical (unpaired) electrons. The number of halogens is 2. The number of benzene rings is 1. The molecule has 1 aromatic heterocycles. The highest BCUT2D eigenvalue weighted by molar-refractivity contribution is 5.97. The normalized spacial score (nSPS) is 9.61. The average Bonchev–Trinajstić information content (AvgIpc) is 2.67. The minimum atomic E-state index is -0.200. The Kier molecular flexibility index (Phi) is 13.7. The molecule has 1 aromatic carbocycles. The molecule has 8 heteroatoms. The van der Waals surface area contributed by atoms with Crippen LogP contribution in [0.1, 0.15) is 48.2 Å². The van der Waals surface area contributed by atoms with Gasteiger partial charge in [-0.3, -0.25) is 14.6 Å². The minimum Gasteiger partial charge on any atom is -0.346 e. The van der Waals surface area contributed by atoms with Gasteiger partial charge in [0.05, 0.1) is 12.2 Å². The molecule has 0 unspecified atom stereocenters. The van der Waals surface area contributed by atoms with Crippen LogP contribution in [0, 0.1) is 0 Å². The Morgan fingerprint density at radius 1 is 0.964 bits per heavy atom. The highest BCUT2D eigenvalue weighted by atomic mass is 35.5. The number of unbranched alkanes of at least 4 members (excludes halogenated alkanes) is 3. The van der Waals surface area contributed by atoms with Gasteiger partial charge < -0.3 is 16.4 Å². The summed E-state index contributed by atoms with van der Waals surface area (Å²) in [4.78, 5) is 28.4. The van der Waals surface area contributed by atoms with E-state index in [4.69, 9.17) is 5.73 Å². The quantitative estimate of drug-likeness (QED) is 0.504. The predicted octanol–water partition coefficient (Wildman–Crippen LogP) is 3.70. The lowest BCUT2D eigenvalue weighted by Gasteiger charge is -2.08. The van der Waals surface area contributed by atoms with Crippen molar-refractivity contribution in [1.29, 1.82) is 0 Å². The smallest absolute Gasteiger partial charge is 0.251 e. The second kappa shape index (κ2) is 14.9. The lowest BCUT2D eigenvalue weighted by Crippen LogP contribution is -2.23. The third kappa shape index (κ3) is 9.69. The Hall–Kier alpha value is -2.15. The number of nitrogens with two attached hydrogens (primary N) is 1. The first-order valence-electron chi connectivity index (χ1n) is 8.97. The van der Waals surface area contributed by atoms with Gasteiger partial charge in [0.25, 0.3) is 5.91 Å². The van der Waals surface area contributed by atoms with Crippen molar-refractivity contribution >= 4 is 42.3 Å². The van der Waals surface area contributed by atoms with E-state index in [2.05, 4.69) is 15.6 Å². The number of anilines is 1. The molecule has 4 N–H and O–H groups in total. The number of pyridine rings is 1. The Bertz CT molecular complexity index is 714. The number of rotatable bonds is 10. The van der Waals surface area contributed by atoms with E-state index < -0.39 is 0 Å². The van der Waals surface area contributed by atoms with E-state index in [-0.39, 0.29) is 36.6 Å². The Labute approximate surface area is 178 Å². The van der Waals surface area contributed by atoms with Crippen LogP contribution < -0.4 is 16.4 Å². The second-order valence-corrected chi connectivity index (χ2v) is 6.09. The molecule has 1 heterocycles. The Morgan fingerprint density at radius 2 is 1.75 bits per heavy atom. The summed E-state index contributed by atoms with van der Waals surface area (Å²) in [5.41, 5.74) is 7.37. The van der Waals surface area contributed by atoms with Gasteiger partial charge in [-0.25, -0.2) is 0 Å². The van der Waals surface area contributed by atoms with Crippen LogP contribution in [0.15, 0.2) is 48.7 Å². The van der Waals surface area contributed by atoms with E-state index in [1.807, 2.05) is 18.2 Å². The number of hydrogen-bond acceptors (Lipinski definition) is 4. The SMILES string of the molecule is Cl.Cl.NCCCCCCC(=O)Nc1cccc(C(=O)NCc2ccccn2)c1. The molecule has 2 rings (SSSR count). The topological polar surface area (TPSA) is 97.1 Å². The van der Waals surface area contributed by atoms with Crippen LogP contribution in [0.5, 0.6) is 0 Å². The lowest BCUT2D eigenvalue weighted by molar-refractivity contribution is -0.116. The van der Waals surface area contributed by atoms with E-state index in [0.717, 1.165) is 31.4 Å². The largest absolute Gasteiger partial charge is 0.346 e. The molecule has 154 valence electrons. The first kappa shape index (κ1) is 25.9. The van der Waals surface area contributed by atoms with E-state index in [0.29, 0.717) is 30.8 Å². The van der Waals surface area contributed by atoms with Crippen LogP contribution in [0.3, 0.4) is 0 Å². The third-order valence-electron chi connectivity index (χ3n) is 3.92. The molecular formula is C20H28Cl2N4O2. The zero-order chi connectivity index (χ0) is 18.6. The molecule has 0 spiro atoms. The highest BCUT2D eigenvalue weighted by Crippen LogP contribution is 2.12. The van der Waals surface area contributed by atoms with Crippen molar-refractivity contribution in [2.75, 3.05) is 11.9 Å². The van der Waals surface area contributed by atoms with Gasteiger partial charge in [-0.1, -0.05) is 25.0 Å². The van der Waals surface area contributed by atoms with Gasteiger partial charge in [-0.2, -0.15) is 0 Å². The van der Waals surface area contributed by atoms with E-state index >= 15 is 0 Å². The zero-order valence-electron chi connectivity index (χ0n) is 15.7. The van der Waals surface area contributed by atoms with Crippen LogP contribution in [-0.2, 0) is 11.3 Å². The summed E-state index contributed by atoms with van der Waals surface area (Å²) in [5, 5.41) is 5.67. The number of nitrogens with zero attached hydrogens (tertiary/aromatic N) is 1. The summed E-state index contributed by atoms with van der Waals surface area (Å²) < 4.78 is 0. The monoisotopic (exact) mass is 426 g/mol. The van der Waals surface area contributed by atoms with Crippen molar-refractivity contribution in [3.63, 3.8) is 0 Å². The molecule has 2 aromatic rings. The average molecular weight is 427 g/mol. The second-order valence-electron chi connectivity index (χ2n) is 6.09.